The molecule has 0 saturated carbocycles. The molecule has 76 valence electrons. The maximum Gasteiger partial charge on any atom is 0.331 e. The Morgan fingerprint density at radius 1 is 1.50 bits per heavy atom. The smallest absolute Gasteiger partial charge is 0.331 e. The summed E-state index contributed by atoms with van der Waals surface area (Å²) in [5.41, 5.74) is 4.42. The maximum absolute atomic E-state index is 10.9. The van der Waals surface area contributed by atoms with Crippen molar-refractivity contribution in [2.75, 3.05) is 0 Å². The fraction of sp³-hybridized carbons (Fsp3) is 0.333. The summed E-state index contributed by atoms with van der Waals surface area (Å²) in [6, 6.07) is 0. The molecule has 4 N–H and O–H groups in total. The molecule has 0 aromatic heterocycles. The van der Waals surface area contributed by atoms with Crippen LogP contribution in [0.1, 0.15) is 13.3 Å². The number of carboxylic acid groups (broad SMARTS) is 2. The predicted molar refractivity (Wildman–Crippen MR) is 48.3 cm³/mol. The van der Waals surface area contributed by atoms with Gasteiger partial charge in [-0.25, -0.2) is 4.79 Å². The van der Waals surface area contributed by atoms with Crippen LogP contribution >= 0.6 is 0 Å². The SMILES string of the molecule is CC1(C(=O)O)C=C(N)C=C(C(=O)O)C1. The van der Waals surface area contributed by atoms with Crippen LogP contribution in [-0.2, 0) is 9.59 Å². The molecule has 5 heteroatoms. The lowest BCUT2D eigenvalue weighted by molar-refractivity contribution is -0.145. The predicted octanol–water partition coefficient (Wildman–Crippen LogP) is 0.335. The van der Waals surface area contributed by atoms with Gasteiger partial charge in [0.2, 0.25) is 0 Å². The number of rotatable bonds is 2. The van der Waals surface area contributed by atoms with Crippen LogP contribution in [0.15, 0.2) is 23.4 Å². The molecule has 1 rings (SSSR count). The van der Waals surface area contributed by atoms with E-state index >= 15 is 0 Å². The van der Waals surface area contributed by atoms with Gasteiger partial charge in [0.05, 0.1) is 5.41 Å². The Bertz CT molecular complexity index is 356. The highest BCUT2D eigenvalue weighted by molar-refractivity contribution is 5.90. The molecule has 0 heterocycles. The lowest BCUT2D eigenvalue weighted by atomic mass is 9.79. The van der Waals surface area contributed by atoms with E-state index in [9.17, 15) is 9.59 Å². The zero-order valence-corrected chi connectivity index (χ0v) is 7.65. The monoisotopic (exact) mass is 197 g/mol. The number of aliphatic carboxylic acids is 2. The fourth-order valence-corrected chi connectivity index (χ4v) is 1.38. The van der Waals surface area contributed by atoms with E-state index in [1.54, 1.807) is 0 Å². The Hall–Kier alpha value is -1.78. The second-order valence-corrected chi connectivity index (χ2v) is 3.52. The van der Waals surface area contributed by atoms with Crippen LogP contribution in [0.2, 0.25) is 0 Å². The average molecular weight is 197 g/mol. The van der Waals surface area contributed by atoms with Crippen LogP contribution < -0.4 is 5.73 Å². The molecule has 0 aliphatic heterocycles. The minimum Gasteiger partial charge on any atom is -0.481 e. The van der Waals surface area contributed by atoms with Gasteiger partial charge in [0.25, 0.3) is 0 Å². The molecule has 0 bridgehead atoms. The van der Waals surface area contributed by atoms with E-state index in [-0.39, 0.29) is 17.7 Å². The van der Waals surface area contributed by atoms with Gasteiger partial charge in [-0.3, -0.25) is 4.79 Å². The molecule has 1 unspecified atom stereocenters. The number of allylic oxidation sites excluding steroid dienone is 1. The summed E-state index contributed by atoms with van der Waals surface area (Å²) in [6.07, 6.45) is 2.60. The molecule has 1 aliphatic rings. The highest BCUT2D eigenvalue weighted by Gasteiger charge is 2.36. The van der Waals surface area contributed by atoms with Crippen LogP contribution in [0.3, 0.4) is 0 Å². The van der Waals surface area contributed by atoms with Crippen molar-refractivity contribution >= 4 is 11.9 Å². The first-order valence-corrected chi connectivity index (χ1v) is 4.01. The standard InChI is InChI=1S/C9H11NO4/c1-9(8(13)14)3-5(7(11)12)2-6(10)4-9/h2,4H,3,10H2,1H3,(H,11,12)(H,13,14). The van der Waals surface area contributed by atoms with Crippen molar-refractivity contribution in [1.29, 1.82) is 0 Å². The first-order valence-electron chi connectivity index (χ1n) is 4.01. The molecule has 0 spiro atoms. The summed E-state index contributed by atoms with van der Waals surface area (Å²) < 4.78 is 0. The summed E-state index contributed by atoms with van der Waals surface area (Å²) in [5.74, 6) is -2.21. The number of carbonyl (C=O) groups is 2. The van der Waals surface area contributed by atoms with Crippen molar-refractivity contribution in [3.05, 3.63) is 23.4 Å². The second-order valence-electron chi connectivity index (χ2n) is 3.52. The lowest BCUT2D eigenvalue weighted by Gasteiger charge is -2.24. The number of hydrogen-bond donors (Lipinski definition) is 3. The zero-order valence-electron chi connectivity index (χ0n) is 7.65. The van der Waals surface area contributed by atoms with E-state index in [1.165, 1.54) is 19.1 Å². The largest absolute Gasteiger partial charge is 0.481 e. The molecule has 0 aromatic rings. The zero-order chi connectivity index (χ0) is 10.9. The molecule has 14 heavy (non-hydrogen) atoms. The molecule has 0 amide bonds. The van der Waals surface area contributed by atoms with Crippen molar-refractivity contribution in [1.82, 2.24) is 0 Å². The van der Waals surface area contributed by atoms with E-state index in [0.29, 0.717) is 0 Å². The number of nitrogens with two attached hydrogens (primary N) is 1. The van der Waals surface area contributed by atoms with E-state index in [0.717, 1.165) is 0 Å². The third-order valence-corrected chi connectivity index (χ3v) is 2.15. The second kappa shape index (κ2) is 3.17. The van der Waals surface area contributed by atoms with Crippen molar-refractivity contribution < 1.29 is 19.8 Å². The van der Waals surface area contributed by atoms with Gasteiger partial charge in [-0.05, 0) is 25.5 Å². The van der Waals surface area contributed by atoms with Crippen LogP contribution in [-0.4, -0.2) is 22.2 Å². The quantitative estimate of drug-likeness (QED) is 0.592. The van der Waals surface area contributed by atoms with E-state index < -0.39 is 17.4 Å². The average Bonchev–Trinajstić information content (AvgIpc) is 2.02. The van der Waals surface area contributed by atoms with Gasteiger partial charge in [-0.15, -0.1) is 0 Å². The third-order valence-electron chi connectivity index (χ3n) is 2.15. The molecular weight excluding hydrogens is 186 g/mol. The minimum absolute atomic E-state index is 0.0231. The summed E-state index contributed by atoms with van der Waals surface area (Å²) in [5, 5.41) is 17.6. The lowest BCUT2D eigenvalue weighted by Crippen LogP contribution is -2.30. The number of hydrogen-bond acceptors (Lipinski definition) is 3. The van der Waals surface area contributed by atoms with Crippen LogP contribution in [0.25, 0.3) is 0 Å². The highest BCUT2D eigenvalue weighted by Crippen LogP contribution is 2.32. The molecule has 0 radical (unpaired) electrons. The molecule has 0 saturated heterocycles. The Kier molecular flexibility index (Phi) is 2.33. The van der Waals surface area contributed by atoms with E-state index in [4.69, 9.17) is 15.9 Å². The van der Waals surface area contributed by atoms with Crippen LogP contribution in [0, 0.1) is 5.41 Å². The molecule has 1 aliphatic carbocycles. The van der Waals surface area contributed by atoms with Gasteiger partial charge >= 0.3 is 11.9 Å². The van der Waals surface area contributed by atoms with E-state index in [1.807, 2.05) is 0 Å². The number of carboxylic acids is 2. The van der Waals surface area contributed by atoms with Crippen molar-refractivity contribution in [2.24, 2.45) is 11.1 Å². The maximum atomic E-state index is 10.9. The Morgan fingerprint density at radius 2 is 2.07 bits per heavy atom. The molecular formula is C9H11NO4. The van der Waals surface area contributed by atoms with Gasteiger partial charge in [0.15, 0.2) is 0 Å². The van der Waals surface area contributed by atoms with Gasteiger partial charge in [-0.1, -0.05) is 0 Å². The van der Waals surface area contributed by atoms with Gasteiger partial charge < -0.3 is 15.9 Å². The van der Waals surface area contributed by atoms with Gasteiger partial charge in [-0.2, -0.15) is 0 Å². The fourth-order valence-electron chi connectivity index (χ4n) is 1.38. The van der Waals surface area contributed by atoms with Crippen LogP contribution in [0.5, 0.6) is 0 Å². The molecule has 0 aromatic carbocycles. The molecule has 1 atom stereocenters. The van der Waals surface area contributed by atoms with Crippen molar-refractivity contribution in [2.45, 2.75) is 13.3 Å². The van der Waals surface area contributed by atoms with Crippen LogP contribution in [0.4, 0.5) is 0 Å². The molecule has 5 nitrogen and oxygen atoms in total. The molecule has 0 fully saturated rings. The van der Waals surface area contributed by atoms with Crippen molar-refractivity contribution in [3.63, 3.8) is 0 Å². The summed E-state index contributed by atoms with van der Waals surface area (Å²) in [6.45, 7) is 1.44. The first kappa shape index (κ1) is 10.3. The highest BCUT2D eigenvalue weighted by atomic mass is 16.4. The minimum atomic E-state index is -1.22. The van der Waals surface area contributed by atoms with Gasteiger partial charge in [0.1, 0.15) is 0 Å². The van der Waals surface area contributed by atoms with Crippen molar-refractivity contribution in [3.8, 4) is 0 Å². The summed E-state index contributed by atoms with van der Waals surface area (Å²) >= 11 is 0. The van der Waals surface area contributed by atoms with Gasteiger partial charge in [0, 0.05) is 11.3 Å². The Balaban J connectivity index is 3.08. The first-order chi connectivity index (χ1) is 6.35. The third kappa shape index (κ3) is 1.76. The van der Waals surface area contributed by atoms with E-state index in [2.05, 4.69) is 0 Å². The Morgan fingerprint density at radius 3 is 2.50 bits per heavy atom. The topological polar surface area (TPSA) is 101 Å². The Labute approximate surface area is 80.5 Å². The normalized spacial score (nSPS) is 26.4. The summed E-state index contributed by atoms with van der Waals surface area (Å²) in [7, 11) is 0. The summed E-state index contributed by atoms with van der Waals surface area (Å²) in [4.78, 5) is 21.5.